The normalized spacial score (nSPS) is 15.3. The molecule has 0 saturated heterocycles. The molecule has 1 amide bonds. The van der Waals surface area contributed by atoms with Crippen LogP contribution in [0.3, 0.4) is 0 Å². The molecule has 5 heteroatoms. The topological polar surface area (TPSA) is 67.6 Å². The molecule has 2 aromatic carbocycles. The predicted octanol–water partition coefficient (Wildman–Crippen LogP) is 3.50. The first-order valence-electron chi connectivity index (χ1n) is 8.45. The monoisotopic (exact) mass is 339 g/mol. The van der Waals surface area contributed by atoms with E-state index in [9.17, 15) is 4.79 Å². The summed E-state index contributed by atoms with van der Waals surface area (Å²) in [7, 11) is 0. The smallest absolute Gasteiger partial charge is 0.243 e. The van der Waals surface area contributed by atoms with Gasteiger partial charge in [-0.2, -0.15) is 0 Å². The molecule has 0 fully saturated rings. The van der Waals surface area contributed by atoms with Crippen LogP contribution in [0.25, 0.3) is 0 Å². The maximum atomic E-state index is 12.7. The first-order chi connectivity index (χ1) is 11.7. The Morgan fingerprint density at radius 2 is 1.92 bits per heavy atom. The number of rotatable bonds is 3. The van der Waals surface area contributed by atoms with E-state index < -0.39 is 0 Å². The first kappa shape index (κ1) is 17.1. The summed E-state index contributed by atoms with van der Waals surface area (Å²) in [6, 6.07) is 11.5. The number of para-hydroxylation sites is 1. The molecule has 3 rings (SSSR count). The lowest BCUT2D eigenvalue weighted by Gasteiger charge is -2.40. The molecule has 25 heavy (non-hydrogen) atoms. The summed E-state index contributed by atoms with van der Waals surface area (Å²) >= 11 is 0. The molecule has 3 N–H and O–H groups in total. The number of fused-ring (bicyclic) bond motifs is 1. The molecule has 1 heterocycles. The van der Waals surface area contributed by atoms with Crippen LogP contribution in [0.4, 0.5) is 17.1 Å². The van der Waals surface area contributed by atoms with Crippen molar-refractivity contribution in [3.63, 3.8) is 0 Å². The molecule has 5 nitrogen and oxygen atoms in total. The number of amides is 1. The number of carbonyl (C=O) groups is 1. The van der Waals surface area contributed by atoms with Gasteiger partial charge in [-0.3, -0.25) is 4.79 Å². The highest BCUT2D eigenvalue weighted by Gasteiger charge is 2.32. The maximum Gasteiger partial charge on any atom is 0.243 e. The highest BCUT2D eigenvalue weighted by atomic mass is 16.5. The summed E-state index contributed by atoms with van der Waals surface area (Å²) in [5, 5.41) is 3.05. The van der Waals surface area contributed by atoms with Crippen LogP contribution in [0, 0.1) is 13.8 Å². The molecule has 1 aliphatic heterocycles. The molecule has 1 aliphatic rings. The molecular weight excluding hydrogens is 314 g/mol. The molecule has 0 aromatic heterocycles. The van der Waals surface area contributed by atoms with Gasteiger partial charge >= 0.3 is 0 Å². The van der Waals surface area contributed by atoms with E-state index >= 15 is 0 Å². The number of nitrogens with zero attached hydrogens (tertiary/aromatic N) is 1. The van der Waals surface area contributed by atoms with Gasteiger partial charge in [0.2, 0.25) is 5.91 Å². The highest BCUT2D eigenvalue weighted by molar-refractivity contribution is 5.95. The molecule has 0 saturated carbocycles. The van der Waals surface area contributed by atoms with Crippen molar-refractivity contribution in [2.75, 3.05) is 29.0 Å². The van der Waals surface area contributed by atoms with Gasteiger partial charge in [0.05, 0.1) is 18.8 Å². The second-order valence-corrected chi connectivity index (χ2v) is 7.26. The van der Waals surface area contributed by atoms with E-state index in [1.807, 2.05) is 69.0 Å². The van der Waals surface area contributed by atoms with Crippen LogP contribution in [0.2, 0.25) is 0 Å². The third-order valence-corrected chi connectivity index (χ3v) is 4.36. The molecule has 0 atom stereocenters. The van der Waals surface area contributed by atoms with E-state index in [1.54, 1.807) is 0 Å². The summed E-state index contributed by atoms with van der Waals surface area (Å²) in [6.45, 7) is 8.91. The van der Waals surface area contributed by atoms with E-state index in [1.165, 1.54) is 0 Å². The average molecular weight is 339 g/mol. The quantitative estimate of drug-likeness (QED) is 0.840. The van der Waals surface area contributed by atoms with Crippen molar-refractivity contribution in [3.8, 4) is 5.75 Å². The fourth-order valence-electron chi connectivity index (χ4n) is 3.25. The zero-order chi connectivity index (χ0) is 18.2. The van der Waals surface area contributed by atoms with Gasteiger partial charge < -0.3 is 20.7 Å². The van der Waals surface area contributed by atoms with Crippen molar-refractivity contribution < 1.29 is 9.53 Å². The van der Waals surface area contributed by atoms with Crippen molar-refractivity contribution >= 4 is 23.0 Å². The van der Waals surface area contributed by atoms with E-state index in [0.29, 0.717) is 12.2 Å². The minimum absolute atomic E-state index is 0.0436. The Morgan fingerprint density at radius 1 is 1.24 bits per heavy atom. The Hall–Kier alpha value is -2.69. The van der Waals surface area contributed by atoms with Gasteiger partial charge in [0.15, 0.2) is 0 Å². The van der Waals surface area contributed by atoms with Crippen LogP contribution in [0.5, 0.6) is 5.75 Å². The van der Waals surface area contributed by atoms with E-state index in [-0.39, 0.29) is 18.1 Å². The standard InChI is InChI=1S/C20H25N3O2/c1-13-6-5-7-14(2)19(13)22-18(24)11-23-12-20(3,4)25-17-10-15(21)8-9-16(17)23/h5-10H,11-12,21H2,1-4H3,(H,22,24). The fourth-order valence-corrected chi connectivity index (χ4v) is 3.25. The second-order valence-electron chi connectivity index (χ2n) is 7.26. The number of aryl methyl sites for hydroxylation is 2. The van der Waals surface area contributed by atoms with Crippen molar-refractivity contribution in [1.29, 1.82) is 0 Å². The van der Waals surface area contributed by atoms with Crippen molar-refractivity contribution in [3.05, 3.63) is 47.5 Å². The Kier molecular flexibility index (Phi) is 4.33. The van der Waals surface area contributed by atoms with Gasteiger partial charge in [-0.05, 0) is 51.0 Å². The number of nitrogens with one attached hydrogen (secondary N) is 1. The number of benzene rings is 2. The lowest BCUT2D eigenvalue weighted by atomic mass is 10.0. The Balaban J connectivity index is 1.82. The van der Waals surface area contributed by atoms with E-state index in [0.717, 1.165) is 28.3 Å². The average Bonchev–Trinajstić information content (AvgIpc) is 2.49. The summed E-state index contributed by atoms with van der Waals surface area (Å²) in [4.78, 5) is 14.7. The van der Waals surface area contributed by atoms with Crippen molar-refractivity contribution in [2.24, 2.45) is 0 Å². The number of hydrogen-bond acceptors (Lipinski definition) is 4. The molecule has 0 spiro atoms. The summed E-state index contributed by atoms with van der Waals surface area (Å²) in [6.07, 6.45) is 0. The predicted molar refractivity (Wildman–Crippen MR) is 102 cm³/mol. The molecule has 0 unspecified atom stereocenters. The van der Waals surface area contributed by atoms with Crippen LogP contribution in [-0.2, 0) is 4.79 Å². The van der Waals surface area contributed by atoms with Gasteiger partial charge in [-0.15, -0.1) is 0 Å². The molecule has 0 radical (unpaired) electrons. The zero-order valence-corrected chi connectivity index (χ0v) is 15.2. The Labute approximate surface area is 148 Å². The lowest BCUT2D eigenvalue weighted by molar-refractivity contribution is -0.115. The van der Waals surface area contributed by atoms with Gasteiger partial charge in [-0.1, -0.05) is 18.2 Å². The Morgan fingerprint density at radius 3 is 2.60 bits per heavy atom. The third-order valence-electron chi connectivity index (χ3n) is 4.36. The van der Waals surface area contributed by atoms with Crippen LogP contribution >= 0.6 is 0 Å². The minimum Gasteiger partial charge on any atom is -0.484 e. The zero-order valence-electron chi connectivity index (χ0n) is 15.2. The molecular formula is C20H25N3O2. The SMILES string of the molecule is Cc1cccc(C)c1NC(=O)CN1CC(C)(C)Oc2cc(N)ccc21. The highest BCUT2D eigenvalue weighted by Crippen LogP contribution is 2.38. The molecule has 0 aliphatic carbocycles. The van der Waals surface area contributed by atoms with Gasteiger partial charge in [-0.25, -0.2) is 0 Å². The number of nitrogens with two attached hydrogens (primary N) is 1. The van der Waals surface area contributed by atoms with E-state index in [2.05, 4.69) is 5.32 Å². The van der Waals surface area contributed by atoms with Crippen molar-refractivity contribution in [1.82, 2.24) is 0 Å². The number of nitrogen functional groups attached to an aromatic ring is 1. The first-order valence-corrected chi connectivity index (χ1v) is 8.45. The maximum absolute atomic E-state index is 12.7. The molecule has 132 valence electrons. The van der Waals surface area contributed by atoms with Crippen molar-refractivity contribution in [2.45, 2.75) is 33.3 Å². The number of hydrogen-bond donors (Lipinski definition) is 2. The largest absolute Gasteiger partial charge is 0.484 e. The summed E-state index contributed by atoms with van der Waals surface area (Å²) in [5.41, 5.74) is 10.0. The van der Waals surface area contributed by atoms with Gasteiger partial charge in [0.1, 0.15) is 11.4 Å². The van der Waals surface area contributed by atoms with E-state index in [4.69, 9.17) is 10.5 Å². The fraction of sp³-hybridized carbons (Fsp3) is 0.350. The van der Waals surface area contributed by atoms with Gasteiger partial charge in [0, 0.05) is 17.4 Å². The van der Waals surface area contributed by atoms with Gasteiger partial charge in [0.25, 0.3) is 0 Å². The van der Waals surface area contributed by atoms with Crippen LogP contribution < -0.4 is 20.7 Å². The van der Waals surface area contributed by atoms with Crippen LogP contribution in [-0.4, -0.2) is 24.6 Å². The molecule has 2 aromatic rings. The second kappa shape index (κ2) is 6.31. The van der Waals surface area contributed by atoms with Crippen LogP contribution in [0.1, 0.15) is 25.0 Å². The minimum atomic E-state index is -0.389. The number of carbonyl (C=O) groups excluding carboxylic acids is 1. The number of anilines is 3. The number of ether oxygens (including phenoxy) is 1. The van der Waals surface area contributed by atoms with Crippen LogP contribution in [0.15, 0.2) is 36.4 Å². The lowest BCUT2D eigenvalue weighted by Crippen LogP contribution is -2.49. The summed E-state index contributed by atoms with van der Waals surface area (Å²) in [5.74, 6) is 0.675. The molecule has 0 bridgehead atoms. The Bertz CT molecular complexity index is 794. The summed E-state index contributed by atoms with van der Waals surface area (Å²) < 4.78 is 6.02. The third kappa shape index (κ3) is 3.71.